The van der Waals surface area contributed by atoms with Crippen LogP contribution in [0.25, 0.3) is 0 Å². The van der Waals surface area contributed by atoms with Crippen LogP contribution in [-0.4, -0.2) is 27.9 Å². The van der Waals surface area contributed by atoms with Gasteiger partial charge in [0.05, 0.1) is 5.69 Å². The fraction of sp³-hybridized carbons (Fsp3) is 0.529. The number of hydrogen-bond acceptors (Lipinski definition) is 4. The molecule has 0 atom stereocenters. The Morgan fingerprint density at radius 3 is 2.70 bits per heavy atom. The molecule has 2 rings (SSSR count). The fourth-order valence-corrected chi connectivity index (χ4v) is 2.67. The van der Waals surface area contributed by atoms with E-state index in [2.05, 4.69) is 34.6 Å². The average molecular weight is 336 g/mol. The van der Waals surface area contributed by atoms with Crippen LogP contribution in [0.4, 0.5) is 5.82 Å². The number of halogens is 1. The predicted octanol–water partition coefficient (Wildman–Crippen LogP) is 3.57. The summed E-state index contributed by atoms with van der Waals surface area (Å²) >= 11 is 6.33. The van der Waals surface area contributed by atoms with E-state index in [1.54, 1.807) is 10.9 Å². The van der Waals surface area contributed by atoms with Crippen LogP contribution in [0.1, 0.15) is 43.9 Å². The maximum absolute atomic E-state index is 6.33. The maximum Gasteiger partial charge on any atom is 0.131 e. The highest BCUT2D eigenvalue weighted by Crippen LogP contribution is 2.24. The molecule has 0 amide bonds. The molecule has 0 fully saturated rings. The molecule has 6 heteroatoms. The first kappa shape index (κ1) is 17.8. The molecule has 0 aliphatic heterocycles. The molecule has 0 saturated carbocycles. The van der Waals surface area contributed by atoms with E-state index in [0.717, 1.165) is 54.7 Å². The van der Waals surface area contributed by atoms with Crippen molar-refractivity contribution in [3.8, 4) is 0 Å². The molecule has 0 aromatic carbocycles. The minimum atomic E-state index is 0.382. The molecule has 0 radical (unpaired) electrons. The first-order chi connectivity index (χ1) is 11.1. The smallest absolute Gasteiger partial charge is 0.131 e. The van der Waals surface area contributed by atoms with Crippen LogP contribution < -0.4 is 10.6 Å². The number of nitrogens with one attached hydrogen (secondary N) is 2. The molecule has 0 aliphatic rings. The normalized spacial score (nSPS) is 11.2. The Hall–Kier alpha value is -1.59. The Morgan fingerprint density at radius 1 is 1.22 bits per heavy atom. The van der Waals surface area contributed by atoms with Crippen molar-refractivity contribution in [3.63, 3.8) is 0 Å². The van der Waals surface area contributed by atoms with Crippen molar-refractivity contribution >= 4 is 17.4 Å². The standard InChI is InChI=1S/C17H26ClN5/c1-13(2)16-14(17(18)23(3)22-16)12-19-9-6-7-11-21-15-8-4-5-10-20-15/h4-5,8,10,13,19H,6-7,9,11-12H2,1-3H3,(H,20,21). The van der Waals surface area contributed by atoms with Gasteiger partial charge in [0.2, 0.25) is 0 Å². The number of anilines is 1. The van der Waals surface area contributed by atoms with E-state index in [9.17, 15) is 0 Å². The van der Waals surface area contributed by atoms with Gasteiger partial charge in [-0.3, -0.25) is 4.68 Å². The molecule has 23 heavy (non-hydrogen) atoms. The lowest BCUT2D eigenvalue weighted by Crippen LogP contribution is -2.17. The van der Waals surface area contributed by atoms with Crippen LogP contribution >= 0.6 is 11.6 Å². The molecule has 2 heterocycles. The first-order valence-electron chi connectivity index (χ1n) is 8.16. The summed E-state index contributed by atoms with van der Waals surface area (Å²) in [5, 5.41) is 12.0. The van der Waals surface area contributed by atoms with Crippen molar-refractivity contribution in [3.05, 3.63) is 40.8 Å². The predicted molar refractivity (Wildman–Crippen MR) is 96.0 cm³/mol. The summed E-state index contributed by atoms with van der Waals surface area (Å²) in [6.07, 6.45) is 4.00. The molecule has 2 aromatic rings. The molecular formula is C17H26ClN5. The van der Waals surface area contributed by atoms with Crippen LogP contribution in [0, 0.1) is 0 Å². The molecule has 2 aromatic heterocycles. The minimum absolute atomic E-state index is 0.382. The van der Waals surface area contributed by atoms with E-state index in [4.69, 9.17) is 11.6 Å². The largest absolute Gasteiger partial charge is 0.370 e. The zero-order valence-corrected chi connectivity index (χ0v) is 14.9. The van der Waals surface area contributed by atoms with Crippen LogP contribution in [-0.2, 0) is 13.6 Å². The second-order valence-corrected chi connectivity index (χ2v) is 6.32. The third kappa shape index (κ3) is 5.22. The van der Waals surface area contributed by atoms with Gasteiger partial charge in [-0.05, 0) is 37.4 Å². The zero-order valence-electron chi connectivity index (χ0n) is 14.1. The minimum Gasteiger partial charge on any atom is -0.370 e. The van der Waals surface area contributed by atoms with Gasteiger partial charge in [0.15, 0.2) is 0 Å². The quantitative estimate of drug-likeness (QED) is 0.688. The summed E-state index contributed by atoms with van der Waals surface area (Å²) in [6.45, 7) is 6.96. The van der Waals surface area contributed by atoms with Crippen molar-refractivity contribution in [1.82, 2.24) is 20.1 Å². The van der Waals surface area contributed by atoms with E-state index in [0.29, 0.717) is 5.92 Å². The lowest BCUT2D eigenvalue weighted by Gasteiger charge is -2.08. The Balaban J connectivity index is 1.66. The number of unbranched alkanes of at least 4 members (excludes halogenated alkanes) is 1. The summed E-state index contributed by atoms with van der Waals surface area (Å²) in [7, 11) is 1.89. The van der Waals surface area contributed by atoms with Crippen molar-refractivity contribution < 1.29 is 0 Å². The molecular weight excluding hydrogens is 310 g/mol. The number of rotatable bonds is 9. The van der Waals surface area contributed by atoms with Crippen LogP contribution in [0.3, 0.4) is 0 Å². The first-order valence-corrected chi connectivity index (χ1v) is 8.54. The number of pyridine rings is 1. The maximum atomic E-state index is 6.33. The molecule has 0 unspecified atom stereocenters. The van der Waals surface area contributed by atoms with Gasteiger partial charge < -0.3 is 10.6 Å². The summed E-state index contributed by atoms with van der Waals surface area (Å²) in [5.41, 5.74) is 2.21. The van der Waals surface area contributed by atoms with Crippen LogP contribution in [0.15, 0.2) is 24.4 Å². The van der Waals surface area contributed by atoms with Gasteiger partial charge in [0.25, 0.3) is 0 Å². The zero-order chi connectivity index (χ0) is 16.7. The van der Waals surface area contributed by atoms with Gasteiger partial charge in [-0.2, -0.15) is 5.10 Å². The summed E-state index contributed by atoms with van der Waals surface area (Å²) in [4.78, 5) is 4.24. The second kappa shape index (κ2) is 8.89. The number of hydrogen-bond donors (Lipinski definition) is 2. The van der Waals surface area contributed by atoms with E-state index in [1.165, 1.54) is 0 Å². The van der Waals surface area contributed by atoms with E-state index < -0.39 is 0 Å². The lowest BCUT2D eigenvalue weighted by atomic mass is 10.1. The lowest BCUT2D eigenvalue weighted by molar-refractivity contribution is 0.627. The highest BCUT2D eigenvalue weighted by molar-refractivity contribution is 6.30. The van der Waals surface area contributed by atoms with Crippen molar-refractivity contribution in [2.75, 3.05) is 18.4 Å². The van der Waals surface area contributed by atoms with Crippen molar-refractivity contribution in [2.24, 2.45) is 7.05 Å². The second-order valence-electron chi connectivity index (χ2n) is 5.96. The van der Waals surface area contributed by atoms with Gasteiger partial charge in [-0.15, -0.1) is 0 Å². The van der Waals surface area contributed by atoms with E-state index in [-0.39, 0.29) is 0 Å². The Kier molecular flexibility index (Phi) is 6.86. The monoisotopic (exact) mass is 335 g/mol. The molecule has 0 bridgehead atoms. The highest BCUT2D eigenvalue weighted by atomic mass is 35.5. The number of aryl methyl sites for hydroxylation is 1. The van der Waals surface area contributed by atoms with Crippen LogP contribution in [0.5, 0.6) is 0 Å². The molecule has 0 saturated heterocycles. The number of nitrogens with zero attached hydrogens (tertiary/aromatic N) is 3. The Morgan fingerprint density at radius 2 is 2.00 bits per heavy atom. The van der Waals surface area contributed by atoms with Crippen molar-refractivity contribution in [1.29, 1.82) is 0 Å². The van der Waals surface area contributed by atoms with Gasteiger partial charge in [-0.1, -0.05) is 31.5 Å². The third-order valence-corrected chi connectivity index (χ3v) is 4.17. The Bertz CT molecular complexity index is 595. The van der Waals surface area contributed by atoms with Crippen molar-refractivity contribution in [2.45, 2.75) is 39.2 Å². The SMILES string of the molecule is CC(C)c1nn(C)c(Cl)c1CNCCCCNc1ccccn1. The third-order valence-electron chi connectivity index (χ3n) is 3.70. The van der Waals surface area contributed by atoms with Gasteiger partial charge in [0, 0.05) is 31.9 Å². The average Bonchev–Trinajstić information content (AvgIpc) is 2.83. The molecule has 0 spiro atoms. The summed E-state index contributed by atoms with van der Waals surface area (Å²) in [6, 6.07) is 5.89. The molecule has 2 N–H and O–H groups in total. The fourth-order valence-electron chi connectivity index (χ4n) is 2.47. The summed E-state index contributed by atoms with van der Waals surface area (Å²) < 4.78 is 1.75. The van der Waals surface area contributed by atoms with Gasteiger partial charge in [0.1, 0.15) is 11.0 Å². The molecule has 0 aliphatic carbocycles. The molecule has 5 nitrogen and oxygen atoms in total. The van der Waals surface area contributed by atoms with E-state index >= 15 is 0 Å². The van der Waals surface area contributed by atoms with Gasteiger partial charge >= 0.3 is 0 Å². The Labute approximate surface area is 143 Å². The van der Waals surface area contributed by atoms with Crippen LogP contribution in [0.2, 0.25) is 5.15 Å². The topological polar surface area (TPSA) is 54.8 Å². The van der Waals surface area contributed by atoms with E-state index in [1.807, 2.05) is 25.2 Å². The van der Waals surface area contributed by atoms with Gasteiger partial charge in [-0.25, -0.2) is 4.98 Å². The highest BCUT2D eigenvalue weighted by Gasteiger charge is 2.16. The number of aromatic nitrogens is 3. The summed E-state index contributed by atoms with van der Waals surface area (Å²) in [5.74, 6) is 1.32. The molecule has 126 valence electrons.